The molecule has 0 fully saturated rings. The van der Waals surface area contributed by atoms with Crippen LogP contribution in [0.3, 0.4) is 0 Å². The molecule has 0 aliphatic heterocycles. The van der Waals surface area contributed by atoms with E-state index in [9.17, 15) is 10.1 Å². The Morgan fingerprint density at radius 2 is 2.33 bits per heavy atom. The molecule has 1 amide bonds. The van der Waals surface area contributed by atoms with Crippen LogP contribution >= 0.6 is 23.1 Å². The molecule has 1 aliphatic carbocycles. The van der Waals surface area contributed by atoms with Gasteiger partial charge in [0.1, 0.15) is 5.54 Å². The maximum atomic E-state index is 12.2. The molecule has 0 saturated carbocycles. The number of hydrogen-bond acceptors (Lipinski definition) is 7. The fourth-order valence-electron chi connectivity index (χ4n) is 2.93. The first-order chi connectivity index (χ1) is 12.8. The first-order valence-electron chi connectivity index (χ1n) is 9.11. The first-order valence-corrected chi connectivity index (χ1v) is 10.9. The minimum Gasteiger partial charge on any atom is -0.410 e. The highest BCUT2D eigenvalue weighted by Crippen LogP contribution is 2.37. The van der Waals surface area contributed by atoms with Gasteiger partial charge in [-0.3, -0.25) is 4.79 Å². The molecule has 0 unspecified atom stereocenters. The summed E-state index contributed by atoms with van der Waals surface area (Å²) in [7, 11) is 0. The molecule has 0 bridgehead atoms. The second kappa shape index (κ2) is 8.03. The van der Waals surface area contributed by atoms with E-state index in [-0.39, 0.29) is 17.6 Å². The van der Waals surface area contributed by atoms with Gasteiger partial charge in [0.15, 0.2) is 0 Å². The molecular weight excluding hydrogens is 380 g/mol. The number of nitriles is 1. The topological polar surface area (TPSA) is 91.8 Å². The van der Waals surface area contributed by atoms with E-state index in [1.165, 1.54) is 28.6 Å². The second-order valence-corrected chi connectivity index (χ2v) is 9.65. The highest BCUT2D eigenvalue weighted by atomic mass is 32.2. The average molecular weight is 405 g/mol. The van der Waals surface area contributed by atoms with Crippen LogP contribution in [-0.4, -0.2) is 27.4 Å². The molecule has 144 valence electrons. The van der Waals surface area contributed by atoms with Gasteiger partial charge in [-0.1, -0.05) is 32.5 Å². The van der Waals surface area contributed by atoms with Crippen molar-refractivity contribution in [2.45, 2.75) is 57.7 Å². The van der Waals surface area contributed by atoms with Gasteiger partial charge >= 0.3 is 0 Å². The zero-order chi connectivity index (χ0) is 19.6. The normalized spacial score (nSPS) is 18.6. The lowest BCUT2D eigenvalue weighted by Crippen LogP contribution is -2.49. The van der Waals surface area contributed by atoms with E-state index in [4.69, 9.17) is 4.42 Å². The van der Waals surface area contributed by atoms with Crippen molar-refractivity contribution in [3.8, 4) is 16.8 Å². The lowest BCUT2D eigenvalue weighted by molar-refractivity contribution is -0.120. The van der Waals surface area contributed by atoms with Crippen LogP contribution < -0.4 is 5.32 Å². The third-order valence-electron chi connectivity index (χ3n) is 5.06. The van der Waals surface area contributed by atoms with E-state index in [1.807, 2.05) is 13.8 Å². The molecule has 1 aliphatic rings. The summed E-state index contributed by atoms with van der Waals surface area (Å²) in [5, 5.41) is 20.6. The summed E-state index contributed by atoms with van der Waals surface area (Å²) in [4.78, 5) is 14.6. The van der Waals surface area contributed by atoms with Gasteiger partial charge in [0, 0.05) is 4.88 Å². The third-order valence-corrected chi connectivity index (χ3v) is 7.10. The van der Waals surface area contributed by atoms with Crippen molar-refractivity contribution < 1.29 is 9.21 Å². The van der Waals surface area contributed by atoms with Crippen LogP contribution in [-0.2, 0) is 17.6 Å². The van der Waals surface area contributed by atoms with Crippen LogP contribution in [0.1, 0.15) is 44.6 Å². The van der Waals surface area contributed by atoms with Gasteiger partial charge in [0.05, 0.1) is 16.7 Å². The highest BCUT2D eigenvalue weighted by Gasteiger charge is 2.30. The van der Waals surface area contributed by atoms with Gasteiger partial charge in [-0.25, -0.2) is 0 Å². The van der Waals surface area contributed by atoms with Gasteiger partial charge in [0.2, 0.25) is 5.91 Å². The minimum absolute atomic E-state index is 0.0130. The summed E-state index contributed by atoms with van der Waals surface area (Å²) in [6, 6.07) is 4.33. The van der Waals surface area contributed by atoms with Crippen molar-refractivity contribution in [1.82, 2.24) is 15.5 Å². The van der Waals surface area contributed by atoms with Crippen molar-refractivity contribution >= 4 is 29.0 Å². The van der Waals surface area contributed by atoms with Crippen molar-refractivity contribution in [2.75, 3.05) is 5.75 Å². The SMILES string of the molecule is CC(C)[C@](C)(C#N)NC(=O)CSc1nnc(-c2cc3c(s2)CC[C@@H](C)C3)o1. The van der Waals surface area contributed by atoms with E-state index in [1.54, 1.807) is 18.3 Å². The third kappa shape index (κ3) is 4.53. The van der Waals surface area contributed by atoms with Gasteiger partial charge in [-0.05, 0) is 49.7 Å². The number of thiophene rings is 1. The number of rotatable bonds is 6. The number of fused-ring (bicyclic) bond motifs is 1. The molecule has 3 rings (SSSR count). The smallest absolute Gasteiger partial charge is 0.277 e. The van der Waals surface area contributed by atoms with Gasteiger partial charge in [-0.2, -0.15) is 5.26 Å². The number of amides is 1. The lowest BCUT2D eigenvalue weighted by Gasteiger charge is -2.27. The van der Waals surface area contributed by atoms with Crippen LogP contribution in [0.5, 0.6) is 0 Å². The predicted molar refractivity (Wildman–Crippen MR) is 107 cm³/mol. The number of hydrogen-bond donors (Lipinski definition) is 1. The summed E-state index contributed by atoms with van der Waals surface area (Å²) in [5.41, 5.74) is 0.509. The Hall–Kier alpha value is -1.85. The molecule has 6 nitrogen and oxygen atoms in total. The monoisotopic (exact) mass is 404 g/mol. The molecule has 2 atom stereocenters. The van der Waals surface area contributed by atoms with Crippen LogP contribution in [0, 0.1) is 23.2 Å². The van der Waals surface area contributed by atoms with Crippen molar-refractivity contribution in [3.05, 3.63) is 16.5 Å². The quantitative estimate of drug-likeness (QED) is 0.730. The molecule has 8 heteroatoms. The van der Waals surface area contributed by atoms with Crippen LogP contribution in [0.4, 0.5) is 0 Å². The van der Waals surface area contributed by atoms with Crippen LogP contribution in [0.2, 0.25) is 0 Å². The number of thioether (sulfide) groups is 1. The molecule has 0 spiro atoms. The summed E-state index contributed by atoms with van der Waals surface area (Å²) >= 11 is 2.91. The van der Waals surface area contributed by atoms with E-state index in [0.717, 1.165) is 23.6 Å². The Morgan fingerprint density at radius 3 is 3.04 bits per heavy atom. The maximum Gasteiger partial charge on any atom is 0.277 e. The fourth-order valence-corrected chi connectivity index (χ4v) is 4.63. The number of carbonyl (C=O) groups is 1. The molecule has 0 aromatic carbocycles. The Labute approximate surface area is 167 Å². The Balaban J connectivity index is 1.60. The number of carbonyl (C=O) groups excluding carboxylic acids is 1. The van der Waals surface area contributed by atoms with Crippen LogP contribution in [0.25, 0.3) is 10.8 Å². The zero-order valence-corrected chi connectivity index (χ0v) is 17.7. The number of nitrogens with zero attached hydrogens (tertiary/aromatic N) is 3. The van der Waals surface area contributed by atoms with E-state index in [0.29, 0.717) is 11.1 Å². The standard InChI is InChI=1S/C19H24N4O2S2/c1-11(2)19(4,10-20)21-16(24)9-26-18-23-22-17(25-18)15-8-13-7-12(3)5-6-14(13)27-15/h8,11-12H,5-7,9H2,1-4H3,(H,21,24)/t12-,19+/m1/s1. The predicted octanol–water partition coefficient (Wildman–Crippen LogP) is 4.07. The van der Waals surface area contributed by atoms with Gasteiger partial charge in [-0.15, -0.1) is 21.5 Å². The lowest BCUT2D eigenvalue weighted by atomic mass is 9.90. The average Bonchev–Trinajstić information content (AvgIpc) is 3.25. The van der Waals surface area contributed by atoms with Gasteiger partial charge in [0.25, 0.3) is 11.1 Å². The summed E-state index contributed by atoms with van der Waals surface area (Å²) in [6.07, 6.45) is 3.45. The van der Waals surface area contributed by atoms with Gasteiger partial charge < -0.3 is 9.73 Å². The van der Waals surface area contributed by atoms with E-state index >= 15 is 0 Å². The molecule has 2 aromatic rings. The van der Waals surface area contributed by atoms with Crippen molar-refractivity contribution in [1.29, 1.82) is 5.26 Å². The largest absolute Gasteiger partial charge is 0.410 e. The minimum atomic E-state index is -0.884. The molecular formula is C19H24N4O2S2. The molecule has 2 aromatic heterocycles. The van der Waals surface area contributed by atoms with Crippen molar-refractivity contribution in [3.63, 3.8) is 0 Å². The summed E-state index contributed by atoms with van der Waals surface area (Å²) in [6.45, 7) is 7.82. The number of aryl methyl sites for hydroxylation is 1. The molecule has 1 N–H and O–H groups in total. The second-order valence-electron chi connectivity index (χ2n) is 7.59. The first kappa shape index (κ1) is 19.9. The summed E-state index contributed by atoms with van der Waals surface area (Å²) < 4.78 is 5.73. The Kier molecular flexibility index (Phi) is 5.92. The Morgan fingerprint density at radius 1 is 1.56 bits per heavy atom. The Bertz CT molecular complexity index is 867. The molecule has 2 heterocycles. The zero-order valence-electron chi connectivity index (χ0n) is 16.0. The van der Waals surface area contributed by atoms with E-state index < -0.39 is 5.54 Å². The molecule has 27 heavy (non-hydrogen) atoms. The van der Waals surface area contributed by atoms with E-state index in [2.05, 4.69) is 34.6 Å². The molecule has 0 radical (unpaired) electrons. The van der Waals surface area contributed by atoms with Crippen molar-refractivity contribution in [2.24, 2.45) is 11.8 Å². The number of aromatic nitrogens is 2. The maximum absolute atomic E-state index is 12.2. The fraction of sp³-hybridized carbons (Fsp3) is 0.579. The summed E-state index contributed by atoms with van der Waals surface area (Å²) in [5.74, 6) is 1.15. The highest BCUT2D eigenvalue weighted by molar-refractivity contribution is 7.99. The molecule has 0 saturated heterocycles. The van der Waals surface area contributed by atoms with Crippen LogP contribution in [0.15, 0.2) is 15.7 Å². The number of nitrogens with one attached hydrogen (secondary N) is 1.